The van der Waals surface area contributed by atoms with E-state index in [1.165, 1.54) is 6.07 Å². The molecule has 0 bridgehead atoms. The number of fused-ring (bicyclic) bond motifs is 1. The molecule has 8 heteroatoms. The van der Waals surface area contributed by atoms with Crippen molar-refractivity contribution in [1.82, 2.24) is 0 Å². The Labute approximate surface area is 170 Å². The maximum absolute atomic E-state index is 12.3. The number of benzene rings is 3. The van der Waals surface area contributed by atoms with Crippen molar-refractivity contribution in [1.29, 1.82) is 0 Å². The van der Waals surface area contributed by atoms with Crippen LogP contribution in [0.25, 0.3) is 0 Å². The van der Waals surface area contributed by atoms with Gasteiger partial charge in [0.15, 0.2) is 5.84 Å². The third-order valence-corrected chi connectivity index (χ3v) is 6.08. The summed E-state index contributed by atoms with van der Waals surface area (Å²) in [7, 11) is -3.68. The number of carbonyl (C=O) groups excluding carboxylic acids is 1. The average molecular weight is 457 g/mol. The zero-order valence-electron chi connectivity index (χ0n) is 14.3. The minimum atomic E-state index is -3.68. The van der Waals surface area contributed by atoms with Crippen LogP contribution >= 0.6 is 15.9 Å². The Hall–Kier alpha value is -2.97. The molecule has 28 heavy (non-hydrogen) atoms. The molecule has 0 aliphatic carbocycles. The number of esters is 1. The van der Waals surface area contributed by atoms with Crippen molar-refractivity contribution in [3.63, 3.8) is 0 Å². The van der Waals surface area contributed by atoms with Gasteiger partial charge in [0.25, 0.3) is 10.0 Å². The monoisotopic (exact) mass is 456 g/mol. The first-order valence-electron chi connectivity index (χ1n) is 8.22. The second kappa shape index (κ2) is 7.21. The molecule has 0 atom stereocenters. The summed E-state index contributed by atoms with van der Waals surface area (Å²) in [6, 6.07) is 20.2. The van der Waals surface area contributed by atoms with Gasteiger partial charge in [-0.25, -0.2) is 4.79 Å². The molecule has 140 valence electrons. The van der Waals surface area contributed by atoms with Gasteiger partial charge in [0.1, 0.15) is 10.6 Å². The van der Waals surface area contributed by atoms with Crippen LogP contribution in [0.1, 0.15) is 15.9 Å². The van der Waals surface area contributed by atoms with Gasteiger partial charge in [-0.15, -0.1) is 4.40 Å². The fraction of sp³-hybridized carbons (Fsp3) is 0. The number of carbonyl (C=O) groups is 1. The van der Waals surface area contributed by atoms with Crippen LogP contribution < -0.4 is 10.1 Å². The van der Waals surface area contributed by atoms with E-state index in [0.29, 0.717) is 27.0 Å². The number of sulfonamides is 1. The zero-order chi connectivity index (χ0) is 19.7. The largest absolute Gasteiger partial charge is 0.423 e. The first-order chi connectivity index (χ1) is 13.4. The van der Waals surface area contributed by atoms with Crippen LogP contribution in [0.2, 0.25) is 0 Å². The Bertz CT molecular complexity index is 1200. The van der Waals surface area contributed by atoms with Crippen molar-refractivity contribution in [3.8, 4) is 5.75 Å². The maximum atomic E-state index is 12.3. The lowest BCUT2D eigenvalue weighted by Gasteiger charge is -2.09. The summed E-state index contributed by atoms with van der Waals surface area (Å²) in [5, 5.41) is 3.00. The molecule has 1 heterocycles. The van der Waals surface area contributed by atoms with E-state index in [2.05, 4.69) is 25.6 Å². The predicted molar refractivity (Wildman–Crippen MR) is 109 cm³/mol. The highest BCUT2D eigenvalue weighted by atomic mass is 79.9. The molecular weight excluding hydrogens is 444 g/mol. The van der Waals surface area contributed by atoms with Crippen molar-refractivity contribution in [3.05, 3.63) is 88.4 Å². The Morgan fingerprint density at radius 2 is 1.61 bits per heavy atom. The molecule has 1 aliphatic heterocycles. The third-order valence-electron chi connectivity index (χ3n) is 4.05. The van der Waals surface area contributed by atoms with E-state index in [4.69, 9.17) is 4.74 Å². The molecule has 0 saturated carbocycles. The van der Waals surface area contributed by atoms with Gasteiger partial charge < -0.3 is 10.1 Å². The molecule has 0 unspecified atom stereocenters. The zero-order valence-corrected chi connectivity index (χ0v) is 16.7. The molecule has 0 fully saturated rings. The van der Waals surface area contributed by atoms with E-state index in [1.807, 2.05) is 6.07 Å². The summed E-state index contributed by atoms with van der Waals surface area (Å²) in [5.74, 6) is 0.148. The lowest BCUT2D eigenvalue weighted by molar-refractivity contribution is 0.0734. The molecule has 0 radical (unpaired) electrons. The Morgan fingerprint density at radius 1 is 0.929 bits per heavy atom. The van der Waals surface area contributed by atoms with Crippen LogP contribution in [0, 0.1) is 0 Å². The van der Waals surface area contributed by atoms with Crippen molar-refractivity contribution < 1.29 is 17.9 Å². The van der Waals surface area contributed by atoms with Gasteiger partial charge in [-0.3, -0.25) is 0 Å². The van der Waals surface area contributed by atoms with Crippen LogP contribution in [0.3, 0.4) is 0 Å². The van der Waals surface area contributed by atoms with Gasteiger partial charge in [0, 0.05) is 15.7 Å². The van der Waals surface area contributed by atoms with E-state index in [0.717, 1.165) is 0 Å². The van der Waals surface area contributed by atoms with Gasteiger partial charge in [-0.2, -0.15) is 8.42 Å². The number of amidine groups is 1. The first-order valence-corrected chi connectivity index (χ1v) is 10.5. The summed E-state index contributed by atoms with van der Waals surface area (Å²) < 4.78 is 34.0. The second-order valence-corrected chi connectivity index (χ2v) is 8.36. The SMILES string of the molecule is O=C(Oc1ccc(NC2=NS(=O)(=O)c3ccccc32)cc1)c1ccccc1Br. The molecule has 0 aromatic heterocycles. The lowest BCUT2D eigenvalue weighted by Crippen LogP contribution is -2.11. The van der Waals surface area contributed by atoms with Gasteiger partial charge in [0.2, 0.25) is 0 Å². The van der Waals surface area contributed by atoms with Gasteiger partial charge in [0.05, 0.1) is 5.56 Å². The number of halogens is 1. The summed E-state index contributed by atoms with van der Waals surface area (Å²) in [6.45, 7) is 0. The topological polar surface area (TPSA) is 84.8 Å². The number of nitrogens with zero attached hydrogens (tertiary/aromatic N) is 1. The Balaban J connectivity index is 1.51. The fourth-order valence-electron chi connectivity index (χ4n) is 2.73. The number of ether oxygens (including phenoxy) is 1. The molecule has 0 saturated heterocycles. The quantitative estimate of drug-likeness (QED) is 0.470. The van der Waals surface area contributed by atoms with E-state index >= 15 is 0 Å². The van der Waals surface area contributed by atoms with Gasteiger partial charge in [-0.1, -0.05) is 24.3 Å². The summed E-state index contributed by atoms with van der Waals surface area (Å²) in [6.07, 6.45) is 0. The molecule has 1 N–H and O–H groups in total. The van der Waals surface area contributed by atoms with Crippen molar-refractivity contribution >= 4 is 43.4 Å². The van der Waals surface area contributed by atoms with E-state index < -0.39 is 16.0 Å². The molecule has 3 aromatic rings. The molecule has 0 amide bonds. The number of nitrogens with one attached hydrogen (secondary N) is 1. The first kappa shape index (κ1) is 18.4. The number of anilines is 1. The van der Waals surface area contributed by atoms with Crippen molar-refractivity contribution in [2.75, 3.05) is 5.32 Å². The highest BCUT2D eigenvalue weighted by molar-refractivity contribution is 9.10. The number of hydrogen-bond acceptors (Lipinski definition) is 5. The van der Waals surface area contributed by atoms with Crippen LogP contribution in [0.15, 0.2) is 86.6 Å². The van der Waals surface area contributed by atoms with Crippen LogP contribution in [0.5, 0.6) is 5.75 Å². The van der Waals surface area contributed by atoms with E-state index in [-0.39, 0.29) is 10.7 Å². The minimum absolute atomic E-state index is 0.177. The standard InChI is InChI=1S/C20H13BrN2O4S/c21-17-7-3-1-5-15(17)20(24)27-14-11-9-13(10-12-14)22-19-16-6-2-4-8-18(16)28(25,26)23-19/h1-12H,(H,22,23). The van der Waals surface area contributed by atoms with Gasteiger partial charge in [-0.05, 0) is 64.5 Å². The molecule has 3 aromatic carbocycles. The summed E-state index contributed by atoms with van der Waals surface area (Å²) in [5.41, 5.74) is 1.56. The van der Waals surface area contributed by atoms with Crippen molar-refractivity contribution in [2.45, 2.75) is 4.90 Å². The lowest BCUT2D eigenvalue weighted by atomic mass is 10.2. The van der Waals surface area contributed by atoms with E-state index in [9.17, 15) is 13.2 Å². The summed E-state index contributed by atoms with van der Waals surface area (Å²) >= 11 is 3.32. The van der Waals surface area contributed by atoms with Gasteiger partial charge >= 0.3 is 5.97 Å². The Kier molecular flexibility index (Phi) is 4.74. The highest BCUT2D eigenvalue weighted by Crippen LogP contribution is 2.27. The second-order valence-electron chi connectivity index (χ2n) is 5.93. The summed E-state index contributed by atoms with van der Waals surface area (Å²) in [4.78, 5) is 12.4. The van der Waals surface area contributed by atoms with Crippen LogP contribution in [-0.4, -0.2) is 20.2 Å². The normalized spacial score (nSPS) is 14.1. The average Bonchev–Trinajstić information content (AvgIpc) is 2.94. The fourth-order valence-corrected chi connectivity index (χ4v) is 4.35. The smallest absolute Gasteiger partial charge is 0.344 e. The predicted octanol–water partition coefficient (Wildman–Crippen LogP) is 4.23. The molecule has 6 nitrogen and oxygen atoms in total. The molecular formula is C20H13BrN2O4S. The number of hydrogen-bond donors (Lipinski definition) is 1. The van der Waals surface area contributed by atoms with Crippen LogP contribution in [-0.2, 0) is 10.0 Å². The van der Waals surface area contributed by atoms with Crippen molar-refractivity contribution in [2.24, 2.45) is 4.40 Å². The maximum Gasteiger partial charge on any atom is 0.344 e. The minimum Gasteiger partial charge on any atom is -0.423 e. The van der Waals surface area contributed by atoms with Crippen LogP contribution in [0.4, 0.5) is 5.69 Å². The Morgan fingerprint density at radius 3 is 2.36 bits per heavy atom. The van der Waals surface area contributed by atoms with E-state index in [1.54, 1.807) is 60.7 Å². The highest BCUT2D eigenvalue weighted by Gasteiger charge is 2.28. The molecule has 4 rings (SSSR count). The molecule has 1 aliphatic rings. The third kappa shape index (κ3) is 3.56. The molecule has 0 spiro atoms. The number of rotatable bonds is 3.